The summed E-state index contributed by atoms with van der Waals surface area (Å²) >= 11 is 1.42. The molecule has 0 saturated carbocycles. The van der Waals surface area contributed by atoms with Crippen LogP contribution < -0.4 is 10.6 Å². The van der Waals surface area contributed by atoms with Crippen LogP contribution >= 0.6 is 11.8 Å². The molecule has 0 fully saturated rings. The average Bonchev–Trinajstić information content (AvgIpc) is 2.28. The Morgan fingerprint density at radius 1 is 1.24 bits per heavy atom. The lowest BCUT2D eigenvalue weighted by Crippen LogP contribution is -2.50. The minimum atomic E-state index is -4.49. The van der Waals surface area contributed by atoms with E-state index in [-0.39, 0.29) is 6.42 Å². The van der Waals surface area contributed by atoms with Gasteiger partial charge in [0.25, 0.3) is 0 Å². The van der Waals surface area contributed by atoms with E-state index in [1.54, 1.807) is 32.3 Å². The van der Waals surface area contributed by atoms with Crippen LogP contribution in [0.2, 0.25) is 0 Å². The molecule has 0 aromatic carbocycles. The molecular formula is C12H21F3N2O3S. The van der Waals surface area contributed by atoms with Gasteiger partial charge in [0.2, 0.25) is 5.91 Å². The van der Waals surface area contributed by atoms with Crippen molar-refractivity contribution in [1.82, 2.24) is 10.6 Å². The highest BCUT2D eigenvalue weighted by molar-refractivity contribution is 7.98. The third kappa shape index (κ3) is 11.2. The zero-order valence-electron chi connectivity index (χ0n) is 12.5. The summed E-state index contributed by atoms with van der Waals surface area (Å²) in [4.78, 5) is 23.3. The van der Waals surface area contributed by atoms with E-state index in [1.807, 2.05) is 0 Å². The van der Waals surface area contributed by atoms with Crippen molar-refractivity contribution in [2.75, 3.05) is 18.6 Å². The van der Waals surface area contributed by atoms with E-state index in [0.717, 1.165) is 0 Å². The predicted molar refractivity (Wildman–Crippen MR) is 75.2 cm³/mol. The summed E-state index contributed by atoms with van der Waals surface area (Å²) in [5.41, 5.74) is -0.753. The molecule has 0 aliphatic carbocycles. The van der Waals surface area contributed by atoms with E-state index in [0.29, 0.717) is 5.75 Å². The number of hydrogen-bond donors (Lipinski definition) is 2. The molecule has 0 aromatic heterocycles. The molecule has 5 nitrogen and oxygen atoms in total. The highest BCUT2D eigenvalue weighted by atomic mass is 32.2. The second-order valence-corrected chi connectivity index (χ2v) is 6.30. The maximum Gasteiger partial charge on any atom is 0.408 e. The fourth-order valence-corrected chi connectivity index (χ4v) is 1.74. The van der Waals surface area contributed by atoms with Gasteiger partial charge in [0.05, 0.1) is 0 Å². The number of alkyl carbamates (subject to hydrolysis) is 1. The molecule has 0 radical (unpaired) electrons. The number of ether oxygens (including phenoxy) is 1. The largest absolute Gasteiger partial charge is 0.444 e. The number of hydrogen-bond acceptors (Lipinski definition) is 4. The topological polar surface area (TPSA) is 67.4 Å². The van der Waals surface area contributed by atoms with E-state index in [9.17, 15) is 22.8 Å². The molecule has 0 saturated heterocycles. The molecular weight excluding hydrogens is 309 g/mol. The van der Waals surface area contributed by atoms with Gasteiger partial charge in [0, 0.05) is 0 Å². The van der Waals surface area contributed by atoms with Gasteiger partial charge in [-0.2, -0.15) is 24.9 Å². The molecule has 0 aromatic rings. The van der Waals surface area contributed by atoms with Crippen LogP contribution in [0.3, 0.4) is 0 Å². The Morgan fingerprint density at radius 3 is 2.24 bits per heavy atom. The van der Waals surface area contributed by atoms with Gasteiger partial charge < -0.3 is 15.4 Å². The first-order valence-electron chi connectivity index (χ1n) is 6.27. The molecule has 21 heavy (non-hydrogen) atoms. The van der Waals surface area contributed by atoms with Gasteiger partial charge in [-0.1, -0.05) is 0 Å². The molecule has 124 valence electrons. The van der Waals surface area contributed by atoms with Crippen LogP contribution in [0.4, 0.5) is 18.0 Å². The Balaban J connectivity index is 4.56. The van der Waals surface area contributed by atoms with Crippen molar-refractivity contribution in [3.05, 3.63) is 0 Å². The standard InChI is InChI=1S/C12H21F3N2O3S/c1-11(2,3)20-10(19)17-8(5-6-21-4)9(18)16-7-12(13,14)15/h8H,5-7H2,1-4H3,(H,16,18)(H,17,19)/t8-/m1/s1. The van der Waals surface area contributed by atoms with Crippen molar-refractivity contribution in [1.29, 1.82) is 0 Å². The number of carbonyl (C=O) groups excluding carboxylic acids is 2. The highest BCUT2D eigenvalue weighted by Crippen LogP contribution is 2.13. The van der Waals surface area contributed by atoms with Crippen molar-refractivity contribution in [3.8, 4) is 0 Å². The zero-order valence-corrected chi connectivity index (χ0v) is 13.3. The van der Waals surface area contributed by atoms with Gasteiger partial charge in [-0.15, -0.1) is 0 Å². The normalized spacial score (nSPS) is 13.5. The molecule has 0 unspecified atom stereocenters. The molecule has 0 aliphatic rings. The van der Waals surface area contributed by atoms with Crippen LogP contribution in [0.5, 0.6) is 0 Å². The quantitative estimate of drug-likeness (QED) is 0.784. The van der Waals surface area contributed by atoms with Crippen LogP contribution in [-0.2, 0) is 9.53 Å². The highest BCUT2D eigenvalue weighted by Gasteiger charge is 2.30. The second-order valence-electron chi connectivity index (χ2n) is 5.31. The number of carbonyl (C=O) groups is 2. The predicted octanol–water partition coefficient (Wildman–Crippen LogP) is 2.31. The SMILES string of the molecule is CSCC[C@@H](NC(=O)OC(C)(C)C)C(=O)NCC(F)(F)F. The monoisotopic (exact) mass is 330 g/mol. The Morgan fingerprint density at radius 2 is 1.81 bits per heavy atom. The van der Waals surface area contributed by atoms with E-state index >= 15 is 0 Å². The zero-order chi connectivity index (χ0) is 16.7. The summed E-state index contributed by atoms with van der Waals surface area (Å²) in [7, 11) is 0. The first-order valence-corrected chi connectivity index (χ1v) is 7.67. The third-order valence-electron chi connectivity index (χ3n) is 2.08. The van der Waals surface area contributed by atoms with Crippen molar-refractivity contribution < 1.29 is 27.5 Å². The number of alkyl halides is 3. The van der Waals surface area contributed by atoms with Crippen molar-refractivity contribution in [3.63, 3.8) is 0 Å². The number of rotatable bonds is 6. The van der Waals surface area contributed by atoms with Gasteiger partial charge in [-0.3, -0.25) is 4.79 Å². The summed E-state index contributed by atoms with van der Waals surface area (Å²) in [5.74, 6) is -0.368. The van der Waals surface area contributed by atoms with Gasteiger partial charge in [-0.25, -0.2) is 4.79 Å². The second kappa shape index (κ2) is 8.35. The molecule has 2 N–H and O–H groups in total. The number of halogens is 3. The maximum absolute atomic E-state index is 12.1. The Bertz CT molecular complexity index is 357. The van der Waals surface area contributed by atoms with Gasteiger partial charge >= 0.3 is 12.3 Å². The molecule has 0 aliphatic heterocycles. The third-order valence-corrected chi connectivity index (χ3v) is 2.73. The lowest BCUT2D eigenvalue weighted by molar-refractivity contribution is -0.139. The molecule has 0 heterocycles. The average molecular weight is 330 g/mol. The number of thioether (sulfide) groups is 1. The van der Waals surface area contributed by atoms with Crippen LogP contribution in [0.15, 0.2) is 0 Å². The molecule has 9 heteroatoms. The molecule has 0 bridgehead atoms. The lowest BCUT2D eigenvalue weighted by atomic mass is 10.2. The minimum Gasteiger partial charge on any atom is -0.444 e. The Labute approximate surface area is 126 Å². The van der Waals surface area contributed by atoms with E-state index in [4.69, 9.17) is 4.74 Å². The summed E-state index contributed by atoms with van der Waals surface area (Å²) < 4.78 is 41.2. The lowest BCUT2D eigenvalue weighted by Gasteiger charge is -2.23. The van der Waals surface area contributed by atoms with E-state index in [1.165, 1.54) is 11.8 Å². The van der Waals surface area contributed by atoms with Crippen LogP contribution in [0, 0.1) is 0 Å². The minimum absolute atomic E-state index is 0.212. The van der Waals surface area contributed by atoms with Gasteiger partial charge in [0.15, 0.2) is 0 Å². The molecule has 1 atom stereocenters. The van der Waals surface area contributed by atoms with E-state index in [2.05, 4.69) is 5.32 Å². The van der Waals surface area contributed by atoms with Crippen molar-refractivity contribution in [2.45, 2.75) is 45.0 Å². The number of nitrogens with one attached hydrogen (secondary N) is 2. The first kappa shape index (κ1) is 19.9. The fourth-order valence-electron chi connectivity index (χ4n) is 1.26. The smallest absolute Gasteiger partial charge is 0.408 e. The summed E-state index contributed by atoms with van der Waals surface area (Å²) in [6.45, 7) is 3.51. The van der Waals surface area contributed by atoms with Crippen LogP contribution in [-0.4, -0.2) is 48.4 Å². The first-order chi connectivity index (χ1) is 9.44. The molecule has 2 amide bonds. The summed E-state index contributed by atoms with van der Waals surface area (Å²) in [6, 6.07) is -1.06. The van der Waals surface area contributed by atoms with Crippen LogP contribution in [0.1, 0.15) is 27.2 Å². The van der Waals surface area contributed by atoms with Crippen molar-refractivity contribution in [2.24, 2.45) is 0 Å². The summed E-state index contributed by atoms with van der Waals surface area (Å²) in [6.07, 6.45) is -3.33. The Hall–Kier alpha value is -1.12. The van der Waals surface area contributed by atoms with E-state index < -0.39 is 36.4 Å². The fraction of sp³-hybridized carbons (Fsp3) is 0.833. The molecule has 0 rings (SSSR count). The maximum atomic E-state index is 12.1. The molecule has 0 spiro atoms. The Kier molecular flexibility index (Phi) is 7.91. The summed E-state index contributed by atoms with van der Waals surface area (Å²) in [5, 5.41) is 4.05. The van der Waals surface area contributed by atoms with Crippen LogP contribution in [0.25, 0.3) is 0 Å². The van der Waals surface area contributed by atoms with Crippen molar-refractivity contribution >= 4 is 23.8 Å². The van der Waals surface area contributed by atoms with Gasteiger partial charge in [0.1, 0.15) is 18.2 Å². The number of amides is 2. The van der Waals surface area contributed by atoms with Gasteiger partial charge in [-0.05, 0) is 39.2 Å².